The Morgan fingerprint density at radius 2 is 1.77 bits per heavy atom. The second kappa shape index (κ2) is 10.7. The first-order valence-electron chi connectivity index (χ1n) is 11.1. The highest BCUT2D eigenvalue weighted by Crippen LogP contribution is 2.24. The fourth-order valence-electron chi connectivity index (χ4n) is 3.87. The summed E-state index contributed by atoms with van der Waals surface area (Å²) in [6, 6.07) is 17.0. The lowest BCUT2D eigenvalue weighted by atomic mass is 10.1. The first kappa shape index (κ1) is 23.1. The van der Waals surface area contributed by atoms with Gasteiger partial charge in [0, 0.05) is 31.9 Å². The first-order valence-corrected chi connectivity index (χ1v) is 12.7. The van der Waals surface area contributed by atoms with E-state index in [1.807, 2.05) is 13.0 Å². The lowest BCUT2D eigenvalue weighted by Gasteiger charge is -2.24. The van der Waals surface area contributed by atoms with Crippen LogP contribution in [-0.2, 0) is 9.84 Å². The molecule has 1 aliphatic heterocycles. The number of nitrogens with one attached hydrogen (secondary N) is 2. The SMILES string of the molecule is CCC(CS(=O)(=O)c1ccccc1)NC(=NC)NC(C)c1cccc(N2CCCC2)c1. The van der Waals surface area contributed by atoms with Crippen molar-refractivity contribution >= 4 is 21.5 Å². The number of hydrogen-bond donors (Lipinski definition) is 2. The quantitative estimate of drug-likeness (QED) is 0.481. The summed E-state index contributed by atoms with van der Waals surface area (Å²) in [5, 5.41) is 6.72. The smallest absolute Gasteiger partial charge is 0.191 e. The van der Waals surface area contributed by atoms with Gasteiger partial charge in [-0.25, -0.2) is 8.42 Å². The molecule has 168 valence electrons. The average molecular weight is 443 g/mol. The number of guanidine groups is 1. The first-order chi connectivity index (χ1) is 14.9. The number of benzene rings is 2. The Morgan fingerprint density at radius 1 is 1.06 bits per heavy atom. The molecule has 2 unspecified atom stereocenters. The molecule has 2 N–H and O–H groups in total. The minimum Gasteiger partial charge on any atom is -0.372 e. The third-order valence-corrected chi connectivity index (χ3v) is 7.61. The molecule has 2 aromatic carbocycles. The zero-order valence-corrected chi connectivity index (χ0v) is 19.5. The molecule has 1 fully saturated rings. The van der Waals surface area contributed by atoms with Gasteiger partial charge in [-0.2, -0.15) is 0 Å². The average Bonchev–Trinajstić information content (AvgIpc) is 3.33. The molecule has 6 nitrogen and oxygen atoms in total. The number of rotatable bonds is 8. The van der Waals surface area contributed by atoms with Crippen molar-refractivity contribution in [3.63, 3.8) is 0 Å². The van der Waals surface area contributed by atoms with E-state index in [-0.39, 0.29) is 17.8 Å². The summed E-state index contributed by atoms with van der Waals surface area (Å²) < 4.78 is 25.5. The maximum atomic E-state index is 12.8. The van der Waals surface area contributed by atoms with Gasteiger partial charge in [0.25, 0.3) is 0 Å². The third-order valence-electron chi connectivity index (χ3n) is 5.77. The fraction of sp³-hybridized carbons (Fsp3) is 0.458. The zero-order chi connectivity index (χ0) is 22.3. The van der Waals surface area contributed by atoms with Gasteiger partial charge in [0.05, 0.1) is 16.7 Å². The van der Waals surface area contributed by atoms with Crippen molar-refractivity contribution < 1.29 is 8.42 Å². The predicted molar refractivity (Wildman–Crippen MR) is 129 cm³/mol. The summed E-state index contributed by atoms with van der Waals surface area (Å²) in [7, 11) is -1.66. The molecular weight excluding hydrogens is 408 g/mol. The van der Waals surface area contributed by atoms with Gasteiger partial charge in [0.2, 0.25) is 0 Å². The molecule has 0 bridgehead atoms. The van der Waals surface area contributed by atoms with E-state index in [2.05, 4.69) is 51.7 Å². The van der Waals surface area contributed by atoms with E-state index < -0.39 is 9.84 Å². The molecule has 1 heterocycles. The number of aliphatic imine (C=N–C) groups is 1. The summed E-state index contributed by atoms with van der Waals surface area (Å²) in [5.74, 6) is 0.627. The molecular formula is C24H34N4O2S. The molecule has 1 saturated heterocycles. The summed E-state index contributed by atoms with van der Waals surface area (Å²) in [5.41, 5.74) is 2.43. The molecule has 0 radical (unpaired) electrons. The van der Waals surface area contributed by atoms with Gasteiger partial charge in [-0.3, -0.25) is 4.99 Å². The Kier molecular flexibility index (Phi) is 7.96. The number of nitrogens with zero attached hydrogens (tertiary/aromatic N) is 2. The van der Waals surface area contributed by atoms with Crippen LogP contribution in [-0.4, -0.2) is 46.3 Å². The van der Waals surface area contributed by atoms with Crippen LogP contribution in [0, 0.1) is 0 Å². The van der Waals surface area contributed by atoms with Gasteiger partial charge in [-0.05, 0) is 56.0 Å². The van der Waals surface area contributed by atoms with E-state index in [1.54, 1.807) is 31.3 Å². The second-order valence-corrected chi connectivity index (χ2v) is 10.1. The van der Waals surface area contributed by atoms with Crippen molar-refractivity contribution in [1.82, 2.24) is 10.6 Å². The van der Waals surface area contributed by atoms with Crippen molar-refractivity contribution in [3.05, 3.63) is 60.2 Å². The zero-order valence-electron chi connectivity index (χ0n) is 18.7. The molecule has 3 rings (SSSR count). The lowest BCUT2D eigenvalue weighted by molar-refractivity contribution is 0.565. The van der Waals surface area contributed by atoms with Crippen molar-refractivity contribution in [2.24, 2.45) is 4.99 Å². The highest BCUT2D eigenvalue weighted by Gasteiger charge is 2.22. The van der Waals surface area contributed by atoms with Crippen molar-refractivity contribution in [2.45, 2.75) is 50.1 Å². The van der Waals surface area contributed by atoms with E-state index in [1.165, 1.54) is 24.1 Å². The summed E-state index contributed by atoms with van der Waals surface area (Å²) in [4.78, 5) is 7.11. The molecule has 2 atom stereocenters. The summed E-state index contributed by atoms with van der Waals surface area (Å²) in [6.45, 7) is 6.30. The van der Waals surface area contributed by atoms with Crippen LogP contribution in [0.25, 0.3) is 0 Å². The van der Waals surface area contributed by atoms with E-state index in [0.29, 0.717) is 17.3 Å². The van der Waals surface area contributed by atoms with E-state index in [4.69, 9.17) is 0 Å². The van der Waals surface area contributed by atoms with Crippen molar-refractivity contribution in [3.8, 4) is 0 Å². The Hall–Kier alpha value is -2.54. The second-order valence-electron chi connectivity index (χ2n) is 8.07. The number of sulfone groups is 1. The van der Waals surface area contributed by atoms with Gasteiger partial charge < -0.3 is 15.5 Å². The fourth-order valence-corrected chi connectivity index (χ4v) is 5.48. The minimum atomic E-state index is -3.37. The summed E-state index contributed by atoms with van der Waals surface area (Å²) in [6.07, 6.45) is 3.17. The standard InChI is InChI=1S/C24H34N4O2S/c1-4-21(18-31(29,30)23-13-6-5-7-14-23)27-24(25-3)26-19(2)20-11-10-12-22(17-20)28-15-8-9-16-28/h5-7,10-14,17,19,21H,4,8-9,15-16,18H2,1-3H3,(H2,25,26,27). The largest absolute Gasteiger partial charge is 0.372 e. The van der Waals surface area contributed by atoms with Crippen LogP contribution < -0.4 is 15.5 Å². The van der Waals surface area contributed by atoms with Crippen molar-refractivity contribution in [1.29, 1.82) is 0 Å². The van der Waals surface area contributed by atoms with Gasteiger partial charge in [0.15, 0.2) is 15.8 Å². The van der Waals surface area contributed by atoms with Crippen LogP contribution in [0.5, 0.6) is 0 Å². The van der Waals surface area contributed by atoms with Gasteiger partial charge >= 0.3 is 0 Å². The Balaban J connectivity index is 1.64. The Bertz CT molecular complexity index is 970. The van der Waals surface area contributed by atoms with Crippen LogP contribution in [0.4, 0.5) is 5.69 Å². The lowest BCUT2D eigenvalue weighted by Crippen LogP contribution is -2.46. The molecule has 0 aromatic heterocycles. The third kappa shape index (κ3) is 6.23. The van der Waals surface area contributed by atoms with E-state index >= 15 is 0 Å². The number of hydrogen-bond acceptors (Lipinski definition) is 4. The van der Waals surface area contributed by atoms with Crippen LogP contribution in [0.1, 0.15) is 44.7 Å². The van der Waals surface area contributed by atoms with Crippen molar-refractivity contribution in [2.75, 3.05) is 30.8 Å². The van der Waals surface area contributed by atoms with E-state index in [0.717, 1.165) is 13.1 Å². The highest BCUT2D eigenvalue weighted by molar-refractivity contribution is 7.91. The van der Waals surface area contributed by atoms with Gasteiger partial charge in [0.1, 0.15) is 0 Å². The molecule has 2 aromatic rings. The maximum absolute atomic E-state index is 12.8. The molecule has 0 amide bonds. The molecule has 0 aliphatic carbocycles. The normalized spacial score (nSPS) is 16.7. The molecule has 31 heavy (non-hydrogen) atoms. The van der Waals surface area contributed by atoms with Crippen LogP contribution in [0.15, 0.2) is 64.5 Å². The minimum absolute atomic E-state index is 0.0209. The predicted octanol–water partition coefficient (Wildman–Crippen LogP) is 3.77. The maximum Gasteiger partial charge on any atom is 0.191 e. The molecule has 0 saturated carbocycles. The molecule has 1 aliphatic rings. The monoisotopic (exact) mass is 442 g/mol. The molecule has 0 spiro atoms. The van der Waals surface area contributed by atoms with Gasteiger partial charge in [-0.15, -0.1) is 0 Å². The Morgan fingerprint density at radius 3 is 2.42 bits per heavy atom. The van der Waals surface area contributed by atoms with Crippen LogP contribution in [0.2, 0.25) is 0 Å². The number of anilines is 1. The molecule has 7 heteroatoms. The topological polar surface area (TPSA) is 73.8 Å². The highest BCUT2D eigenvalue weighted by atomic mass is 32.2. The Labute approximate surface area is 186 Å². The van der Waals surface area contributed by atoms with Crippen LogP contribution in [0.3, 0.4) is 0 Å². The van der Waals surface area contributed by atoms with Crippen LogP contribution >= 0.6 is 0 Å². The van der Waals surface area contributed by atoms with E-state index in [9.17, 15) is 8.42 Å². The van der Waals surface area contributed by atoms with Gasteiger partial charge in [-0.1, -0.05) is 37.3 Å². The summed E-state index contributed by atoms with van der Waals surface area (Å²) >= 11 is 0.